The Kier molecular flexibility index (Phi) is 2.83. The third-order valence-electron chi connectivity index (χ3n) is 3.82. The number of nitrogens with one attached hydrogen (secondary N) is 1. The lowest BCUT2D eigenvalue weighted by molar-refractivity contribution is 0.380. The zero-order chi connectivity index (χ0) is 10.9. The van der Waals surface area contributed by atoms with Gasteiger partial charge in [-0.05, 0) is 37.7 Å². The maximum atomic E-state index is 3.62. The van der Waals surface area contributed by atoms with Crippen molar-refractivity contribution >= 4 is 0 Å². The quantitative estimate of drug-likeness (QED) is 0.792. The van der Waals surface area contributed by atoms with Gasteiger partial charge in [-0.2, -0.15) is 0 Å². The first-order valence-electron chi connectivity index (χ1n) is 5.89. The Morgan fingerprint density at radius 1 is 1.27 bits per heavy atom. The van der Waals surface area contributed by atoms with Gasteiger partial charge >= 0.3 is 0 Å². The highest BCUT2D eigenvalue weighted by molar-refractivity contribution is 5.21. The largest absolute Gasteiger partial charge is 0.310 e. The third-order valence-corrected chi connectivity index (χ3v) is 3.82. The molecule has 1 atom stereocenters. The Morgan fingerprint density at radius 2 is 1.87 bits per heavy atom. The first-order valence-corrected chi connectivity index (χ1v) is 5.89. The van der Waals surface area contributed by atoms with Crippen LogP contribution in [-0.4, -0.2) is 6.04 Å². The highest BCUT2D eigenvalue weighted by atomic mass is 14.9. The molecule has 0 heterocycles. The van der Waals surface area contributed by atoms with Crippen LogP contribution >= 0.6 is 0 Å². The van der Waals surface area contributed by atoms with E-state index in [9.17, 15) is 0 Å². The van der Waals surface area contributed by atoms with Crippen LogP contribution in [0.3, 0.4) is 0 Å². The van der Waals surface area contributed by atoms with Gasteiger partial charge in [0.05, 0.1) is 0 Å². The van der Waals surface area contributed by atoms with Crippen molar-refractivity contribution in [1.82, 2.24) is 5.32 Å². The summed E-state index contributed by atoms with van der Waals surface area (Å²) in [6.07, 6.45) is 2.77. The Labute approximate surface area is 92.9 Å². The van der Waals surface area contributed by atoms with E-state index in [2.05, 4.69) is 50.4 Å². The number of benzene rings is 1. The second-order valence-electron chi connectivity index (χ2n) is 5.24. The second-order valence-corrected chi connectivity index (χ2v) is 5.24. The minimum atomic E-state index is 0.574. The molecule has 0 radical (unpaired) electrons. The normalized spacial score (nSPS) is 19.9. The van der Waals surface area contributed by atoms with Crippen molar-refractivity contribution in [2.45, 2.75) is 46.2 Å². The molecule has 1 fully saturated rings. The van der Waals surface area contributed by atoms with E-state index >= 15 is 0 Å². The van der Waals surface area contributed by atoms with Crippen LogP contribution in [0.25, 0.3) is 0 Å². The highest BCUT2D eigenvalue weighted by Crippen LogP contribution is 2.47. The molecule has 1 aliphatic carbocycles. The number of hydrogen-bond acceptors (Lipinski definition) is 1. The summed E-state index contributed by atoms with van der Waals surface area (Å²) in [5, 5.41) is 3.62. The van der Waals surface area contributed by atoms with Crippen LogP contribution in [0, 0.1) is 12.3 Å². The van der Waals surface area contributed by atoms with Crippen LogP contribution in [0.2, 0.25) is 0 Å². The lowest BCUT2D eigenvalue weighted by atomic mass is 10.0. The average Bonchev–Trinajstić information content (AvgIpc) is 2.97. The molecule has 0 aromatic heterocycles. The second kappa shape index (κ2) is 3.97. The summed E-state index contributed by atoms with van der Waals surface area (Å²) >= 11 is 0. The molecule has 1 aromatic rings. The minimum absolute atomic E-state index is 0.574. The molecule has 0 amide bonds. The van der Waals surface area contributed by atoms with Crippen LogP contribution in [0.4, 0.5) is 0 Å². The number of rotatable bonds is 4. The molecule has 1 nitrogen and oxygen atoms in total. The Hall–Kier alpha value is -0.820. The van der Waals surface area contributed by atoms with E-state index in [0.717, 1.165) is 6.54 Å². The summed E-state index contributed by atoms with van der Waals surface area (Å²) < 4.78 is 0. The molecule has 1 aliphatic rings. The fraction of sp³-hybridized carbons (Fsp3) is 0.571. The monoisotopic (exact) mass is 203 g/mol. The zero-order valence-corrected chi connectivity index (χ0v) is 10.0. The fourth-order valence-electron chi connectivity index (χ4n) is 1.85. The maximum absolute atomic E-state index is 3.62. The highest BCUT2D eigenvalue weighted by Gasteiger charge is 2.41. The molecule has 15 heavy (non-hydrogen) atoms. The molecule has 1 N–H and O–H groups in total. The predicted octanol–water partition coefficient (Wildman–Crippen LogP) is 3.27. The Balaban J connectivity index is 1.85. The van der Waals surface area contributed by atoms with Crippen LogP contribution in [0.15, 0.2) is 24.3 Å². The summed E-state index contributed by atoms with van der Waals surface area (Å²) in [4.78, 5) is 0. The minimum Gasteiger partial charge on any atom is -0.310 e. The van der Waals surface area contributed by atoms with Crippen molar-refractivity contribution in [1.29, 1.82) is 0 Å². The Bertz CT molecular complexity index is 322. The van der Waals surface area contributed by atoms with Gasteiger partial charge in [-0.15, -0.1) is 0 Å². The molecule has 0 spiro atoms. The van der Waals surface area contributed by atoms with Crippen LogP contribution in [0.5, 0.6) is 0 Å². The molecule has 2 rings (SSSR count). The van der Waals surface area contributed by atoms with Gasteiger partial charge in [-0.1, -0.05) is 36.8 Å². The SMILES string of the molecule is Cc1ccc(CNC(C)C2(C)CC2)cc1. The van der Waals surface area contributed by atoms with Crippen LogP contribution in [-0.2, 0) is 6.54 Å². The first-order chi connectivity index (χ1) is 7.10. The fourth-order valence-corrected chi connectivity index (χ4v) is 1.85. The van der Waals surface area contributed by atoms with Crippen LogP contribution < -0.4 is 5.32 Å². The maximum Gasteiger partial charge on any atom is 0.0208 e. The molecule has 0 aliphatic heterocycles. The topological polar surface area (TPSA) is 12.0 Å². The van der Waals surface area contributed by atoms with Crippen molar-refractivity contribution in [3.05, 3.63) is 35.4 Å². The van der Waals surface area contributed by atoms with Gasteiger partial charge in [0.2, 0.25) is 0 Å². The van der Waals surface area contributed by atoms with Gasteiger partial charge in [0.25, 0.3) is 0 Å². The molecule has 1 saturated carbocycles. The van der Waals surface area contributed by atoms with Gasteiger partial charge in [0, 0.05) is 12.6 Å². The standard InChI is InChI=1S/C14H21N/c1-11-4-6-13(7-5-11)10-15-12(2)14(3)8-9-14/h4-7,12,15H,8-10H2,1-3H3. The molecule has 0 bridgehead atoms. The number of hydrogen-bond donors (Lipinski definition) is 1. The first kappa shape index (κ1) is 10.7. The molecule has 1 heteroatoms. The van der Waals surface area contributed by atoms with Gasteiger partial charge in [-0.25, -0.2) is 0 Å². The summed E-state index contributed by atoms with van der Waals surface area (Å²) in [5.41, 5.74) is 3.29. The lowest BCUT2D eigenvalue weighted by Gasteiger charge is -2.20. The predicted molar refractivity (Wildman–Crippen MR) is 64.8 cm³/mol. The summed E-state index contributed by atoms with van der Waals surface area (Å²) in [5.74, 6) is 0. The summed E-state index contributed by atoms with van der Waals surface area (Å²) in [6, 6.07) is 9.43. The van der Waals surface area contributed by atoms with Gasteiger partial charge < -0.3 is 5.32 Å². The zero-order valence-electron chi connectivity index (χ0n) is 10.0. The van der Waals surface area contributed by atoms with E-state index in [1.807, 2.05) is 0 Å². The molecule has 1 unspecified atom stereocenters. The average molecular weight is 203 g/mol. The Morgan fingerprint density at radius 3 is 2.40 bits per heavy atom. The van der Waals surface area contributed by atoms with Crippen LogP contribution in [0.1, 0.15) is 37.8 Å². The molecular formula is C14H21N. The van der Waals surface area contributed by atoms with Crippen molar-refractivity contribution < 1.29 is 0 Å². The van der Waals surface area contributed by atoms with E-state index in [-0.39, 0.29) is 0 Å². The van der Waals surface area contributed by atoms with Crippen molar-refractivity contribution in [2.24, 2.45) is 5.41 Å². The van der Waals surface area contributed by atoms with E-state index < -0.39 is 0 Å². The van der Waals surface area contributed by atoms with Gasteiger partial charge in [0.15, 0.2) is 0 Å². The van der Waals surface area contributed by atoms with Gasteiger partial charge in [-0.3, -0.25) is 0 Å². The third kappa shape index (κ3) is 2.60. The van der Waals surface area contributed by atoms with Crippen molar-refractivity contribution in [3.63, 3.8) is 0 Å². The molecule has 0 saturated heterocycles. The smallest absolute Gasteiger partial charge is 0.0208 e. The summed E-state index contributed by atoms with van der Waals surface area (Å²) in [6.45, 7) is 7.81. The molecular weight excluding hydrogens is 182 g/mol. The summed E-state index contributed by atoms with van der Waals surface area (Å²) in [7, 11) is 0. The van der Waals surface area contributed by atoms with E-state index in [1.54, 1.807) is 0 Å². The van der Waals surface area contributed by atoms with Crippen molar-refractivity contribution in [3.8, 4) is 0 Å². The van der Waals surface area contributed by atoms with E-state index in [1.165, 1.54) is 24.0 Å². The molecule has 82 valence electrons. The van der Waals surface area contributed by atoms with Gasteiger partial charge in [0.1, 0.15) is 0 Å². The van der Waals surface area contributed by atoms with Crippen molar-refractivity contribution in [2.75, 3.05) is 0 Å². The van der Waals surface area contributed by atoms with E-state index in [4.69, 9.17) is 0 Å². The number of aryl methyl sites for hydroxylation is 1. The van der Waals surface area contributed by atoms with E-state index in [0.29, 0.717) is 11.5 Å². The lowest BCUT2D eigenvalue weighted by Crippen LogP contribution is -2.32. The molecule has 1 aromatic carbocycles.